The number of benzene rings is 2. The van der Waals surface area contributed by atoms with E-state index in [9.17, 15) is 9.18 Å². The fourth-order valence-electron chi connectivity index (χ4n) is 5.62. The number of nitrogens with one attached hydrogen (secondary N) is 2. The molecule has 1 amide bonds. The number of aromatic amines is 1. The number of methoxy groups -OCH3 is 1. The first-order valence-electron chi connectivity index (χ1n) is 12.8. The summed E-state index contributed by atoms with van der Waals surface area (Å²) in [5.41, 5.74) is 4.94. The smallest absolute Gasteiger partial charge is 0.251 e. The number of H-pyrrole nitrogens is 1. The van der Waals surface area contributed by atoms with Crippen molar-refractivity contribution < 1.29 is 18.6 Å². The van der Waals surface area contributed by atoms with E-state index in [0.29, 0.717) is 47.6 Å². The zero-order valence-corrected chi connectivity index (χ0v) is 21.3. The molecular formula is C28H29FN6O3. The van der Waals surface area contributed by atoms with E-state index in [2.05, 4.69) is 37.7 Å². The molecule has 2 N–H and O–H groups in total. The fraction of sp³-hybridized carbons (Fsp3) is 0.357. The van der Waals surface area contributed by atoms with Crippen LogP contribution in [-0.4, -0.2) is 70.2 Å². The molecule has 4 aromatic rings. The number of nitrogens with zero attached hydrogens (tertiary/aromatic N) is 4. The lowest BCUT2D eigenvalue weighted by Gasteiger charge is -2.38. The van der Waals surface area contributed by atoms with Crippen molar-refractivity contribution in [3.63, 3.8) is 0 Å². The molecule has 6 rings (SSSR count). The summed E-state index contributed by atoms with van der Waals surface area (Å²) in [4.78, 5) is 15.5. The number of fused-ring (bicyclic) bond motifs is 2. The highest BCUT2D eigenvalue weighted by molar-refractivity contribution is 6.02. The van der Waals surface area contributed by atoms with Crippen LogP contribution in [0, 0.1) is 5.92 Å². The zero-order valence-electron chi connectivity index (χ0n) is 21.3. The molecule has 2 aromatic carbocycles. The maximum atomic E-state index is 14.6. The number of allylic oxidation sites excluding steroid dienone is 2. The number of carbonyl (C=O) groups is 1. The second kappa shape index (κ2) is 10.1. The van der Waals surface area contributed by atoms with E-state index in [0.717, 1.165) is 35.1 Å². The van der Waals surface area contributed by atoms with Crippen molar-refractivity contribution in [3.8, 4) is 11.3 Å². The maximum absolute atomic E-state index is 14.6. The van der Waals surface area contributed by atoms with Crippen molar-refractivity contribution >= 4 is 27.8 Å². The van der Waals surface area contributed by atoms with Crippen molar-refractivity contribution in [3.05, 3.63) is 65.5 Å². The van der Waals surface area contributed by atoms with Crippen molar-refractivity contribution in [2.45, 2.75) is 31.9 Å². The van der Waals surface area contributed by atoms with Gasteiger partial charge in [-0.25, -0.2) is 9.02 Å². The van der Waals surface area contributed by atoms with Gasteiger partial charge in [-0.2, -0.15) is 5.10 Å². The van der Waals surface area contributed by atoms with Crippen LogP contribution in [0.5, 0.6) is 0 Å². The van der Waals surface area contributed by atoms with E-state index in [4.69, 9.17) is 9.37 Å². The maximum Gasteiger partial charge on any atom is 0.251 e. The molecule has 10 heteroatoms. The Morgan fingerprint density at radius 2 is 2.08 bits per heavy atom. The molecule has 0 saturated carbocycles. The van der Waals surface area contributed by atoms with E-state index in [1.165, 1.54) is 6.08 Å². The van der Waals surface area contributed by atoms with Gasteiger partial charge in [0.25, 0.3) is 5.91 Å². The molecule has 9 nitrogen and oxygen atoms in total. The molecule has 1 unspecified atom stereocenters. The quantitative estimate of drug-likeness (QED) is 0.391. The minimum Gasteiger partial charge on any atom is -0.377 e. The summed E-state index contributed by atoms with van der Waals surface area (Å²) < 4.78 is 24.9. The van der Waals surface area contributed by atoms with Gasteiger partial charge in [0.2, 0.25) is 0 Å². The summed E-state index contributed by atoms with van der Waals surface area (Å²) in [6.45, 7) is 4.15. The Bertz CT molecular complexity index is 1560. The summed E-state index contributed by atoms with van der Waals surface area (Å²) in [6, 6.07) is 11.1. The third-order valence-electron chi connectivity index (χ3n) is 7.41. The van der Waals surface area contributed by atoms with Crippen LogP contribution in [0.3, 0.4) is 0 Å². The Morgan fingerprint density at radius 3 is 2.95 bits per heavy atom. The lowest BCUT2D eigenvalue weighted by Crippen LogP contribution is -2.51. The summed E-state index contributed by atoms with van der Waals surface area (Å²) in [5, 5.41) is 19.3. The topological polar surface area (TPSA) is 109 Å². The van der Waals surface area contributed by atoms with Gasteiger partial charge in [-0.3, -0.25) is 14.8 Å². The van der Waals surface area contributed by atoms with Crippen molar-refractivity contribution in [1.82, 2.24) is 30.7 Å². The number of carbonyl (C=O) groups excluding carboxylic acids is 1. The Morgan fingerprint density at radius 1 is 1.21 bits per heavy atom. The predicted octanol–water partition coefficient (Wildman–Crippen LogP) is 4.40. The van der Waals surface area contributed by atoms with Crippen LogP contribution in [-0.2, 0) is 4.74 Å². The molecule has 2 aromatic heterocycles. The van der Waals surface area contributed by atoms with Crippen molar-refractivity contribution in [2.24, 2.45) is 5.92 Å². The summed E-state index contributed by atoms with van der Waals surface area (Å²) in [6.07, 6.45) is 4.62. The molecular weight excluding hydrogens is 487 g/mol. The Hall–Kier alpha value is -3.89. The van der Waals surface area contributed by atoms with E-state index >= 15 is 0 Å². The zero-order chi connectivity index (χ0) is 26.2. The van der Waals surface area contributed by atoms with Gasteiger partial charge < -0.3 is 10.1 Å². The third kappa shape index (κ3) is 4.72. The van der Waals surface area contributed by atoms with Gasteiger partial charge in [0.15, 0.2) is 0 Å². The summed E-state index contributed by atoms with van der Waals surface area (Å²) in [7, 11) is 1.62. The summed E-state index contributed by atoms with van der Waals surface area (Å²) in [5.74, 6) is 0.00171. The molecule has 2 aliphatic rings. The standard InChI is InChI=1S/C28H29FN6O3/c1-16-10-19(14-35(13-16)15-21-22(29)4-3-5-26(21)37-2)30-28(36)18-7-8-23-20(11-18)27(32-31-23)17-6-9-24-25(12-17)34-38-33-24/h3-4,6-9,11-12,16,19,26H,5,10,13-15H2,1-2H3,(H,30,36)(H,31,32)/t16-,19+,26?/m0/s1. The second-order valence-electron chi connectivity index (χ2n) is 10.2. The Kier molecular flexibility index (Phi) is 6.50. The van der Waals surface area contributed by atoms with Gasteiger partial charge in [-0.1, -0.05) is 19.1 Å². The van der Waals surface area contributed by atoms with Gasteiger partial charge in [-0.15, -0.1) is 0 Å². The molecule has 3 atom stereocenters. The number of ether oxygens (including phenoxy) is 1. The number of hydrogen-bond acceptors (Lipinski definition) is 7. The first kappa shape index (κ1) is 24.4. The van der Waals surface area contributed by atoms with Gasteiger partial charge >= 0.3 is 0 Å². The minimum atomic E-state index is -0.248. The number of aromatic nitrogens is 4. The molecule has 38 heavy (non-hydrogen) atoms. The predicted molar refractivity (Wildman–Crippen MR) is 141 cm³/mol. The molecule has 3 heterocycles. The summed E-state index contributed by atoms with van der Waals surface area (Å²) >= 11 is 0. The van der Waals surface area contributed by atoms with Crippen LogP contribution in [0.15, 0.2) is 64.6 Å². The van der Waals surface area contributed by atoms with Crippen LogP contribution in [0.4, 0.5) is 4.39 Å². The molecule has 0 bridgehead atoms. The highest BCUT2D eigenvalue weighted by Crippen LogP contribution is 2.30. The molecule has 1 aliphatic heterocycles. The van der Waals surface area contributed by atoms with Gasteiger partial charge in [-0.05, 0) is 65.5 Å². The largest absolute Gasteiger partial charge is 0.377 e. The van der Waals surface area contributed by atoms with Crippen LogP contribution >= 0.6 is 0 Å². The number of rotatable bonds is 6. The van der Waals surface area contributed by atoms with Crippen molar-refractivity contribution in [1.29, 1.82) is 0 Å². The number of amides is 1. The van der Waals surface area contributed by atoms with E-state index < -0.39 is 0 Å². The lowest BCUT2D eigenvalue weighted by molar-refractivity contribution is 0.0858. The van der Waals surface area contributed by atoms with Crippen LogP contribution in [0.1, 0.15) is 30.1 Å². The van der Waals surface area contributed by atoms with Crippen LogP contribution in [0.25, 0.3) is 33.2 Å². The monoisotopic (exact) mass is 516 g/mol. The highest BCUT2D eigenvalue weighted by Gasteiger charge is 2.29. The average molecular weight is 517 g/mol. The highest BCUT2D eigenvalue weighted by atomic mass is 19.1. The van der Waals surface area contributed by atoms with Gasteiger partial charge in [0, 0.05) is 54.9 Å². The normalized spacial score (nSPS) is 22.4. The van der Waals surface area contributed by atoms with Crippen LogP contribution in [0.2, 0.25) is 0 Å². The number of halogens is 1. The molecule has 0 spiro atoms. The average Bonchev–Trinajstić information content (AvgIpc) is 3.55. The van der Waals surface area contributed by atoms with E-state index in [1.807, 2.05) is 30.3 Å². The lowest BCUT2D eigenvalue weighted by atomic mass is 9.93. The Balaban J connectivity index is 1.19. The van der Waals surface area contributed by atoms with Crippen molar-refractivity contribution in [2.75, 3.05) is 26.7 Å². The van der Waals surface area contributed by atoms with E-state index in [1.54, 1.807) is 19.3 Å². The first-order valence-corrected chi connectivity index (χ1v) is 12.8. The molecule has 1 fully saturated rings. The fourth-order valence-corrected chi connectivity index (χ4v) is 5.62. The van der Waals surface area contributed by atoms with Gasteiger partial charge in [0.05, 0.1) is 11.6 Å². The van der Waals surface area contributed by atoms with Crippen LogP contribution < -0.4 is 5.32 Å². The van der Waals surface area contributed by atoms with E-state index in [-0.39, 0.29) is 23.9 Å². The second-order valence-corrected chi connectivity index (χ2v) is 10.2. The number of likely N-dealkylation sites (tertiary alicyclic amines) is 1. The SMILES string of the molecule is COC1CC=CC(F)=C1CN1C[C@@H](C)C[C@@H](NC(=O)c2ccc3[nH]nc(-c4ccc5nonc5c4)c3c2)C1. The van der Waals surface area contributed by atoms with Gasteiger partial charge in [0.1, 0.15) is 22.6 Å². The molecule has 1 saturated heterocycles. The first-order chi connectivity index (χ1) is 18.5. The molecule has 0 radical (unpaired) electrons. The number of hydrogen-bond donors (Lipinski definition) is 2. The minimum absolute atomic E-state index is 0.0448. The molecule has 1 aliphatic carbocycles. The number of piperidine rings is 1. The molecule has 196 valence electrons. The Labute approximate surface area is 218 Å². The third-order valence-corrected chi connectivity index (χ3v) is 7.41.